The highest BCUT2D eigenvalue weighted by Gasteiger charge is 2.11. The molecule has 14 heavy (non-hydrogen) atoms. The third kappa shape index (κ3) is 5.97. The van der Waals surface area contributed by atoms with Crippen LogP contribution in [-0.2, 0) is 9.53 Å². The van der Waals surface area contributed by atoms with Crippen molar-refractivity contribution in [1.82, 2.24) is 5.32 Å². The summed E-state index contributed by atoms with van der Waals surface area (Å²) < 4.78 is 4.57. The molecule has 0 aliphatic heterocycles. The Morgan fingerprint density at radius 3 is 2.43 bits per heavy atom. The lowest BCUT2D eigenvalue weighted by molar-refractivity contribution is -0.139. The van der Waals surface area contributed by atoms with Crippen molar-refractivity contribution in [3.8, 4) is 0 Å². The Morgan fingerprint density at radius 1 is 1.36 bits per heavy atom. The third-order valence-electron chi connectivity index (χ3n) is 2.64. The Morgan fingerprint density at radius 2 is 2.00 bits per heavy atom. The average molecular weight is 201 g/mol. The summed E-state index contributed by atoms with van der Waals surface area (Å²) in [4.78, 5) is 10.9. The number of esters is 1. The topological polar surface area (TPSA) is 38.3 Å². The molecular formula is C11H23NO2. The number of rotatable bonds is 7. The maximum Gasteiger partial charge on any atom is 0.319 e. The van der Waals surface area contributed by atoms with E-state index in [0.29, 0.717) is 18.5 Å². The molecule has 0 radical (unpaired) electrons. The molecule has 2 atom stereocenters. The lowest BCUT2D eigenvalue weighted by Crippen LogP contribution is -2.34. The zero-order valence-corrected chi connectivity index (χ0v) is 9.80. The van der Waals surface area contributed by atoms with E-state index in [9.17, 15) is 4.79 Å². The van der Waals surface area contributed by atoms with Crippen molar-refractivity contribution in [3.05, 3.63) is 0 Å². The molecule has 0 rings (SSSR count). The van der Waals surface area contributed by atoms with Gasteiger partial charge < -0.3 is 10.1 Å². The van der Waals surface area contributed by atoms with Crippen LogP contribution in [0, 0.1) is 5.92 Å². The van der Waals surface area contributed by atoms with E-state index >= 15 is 0 Å². The van der Waals surface area contributed by atoms with Crippen molar-refractivity contribution in [3.63, 3.8) is 0 Å². The minimum Gasteiger partial charge on any atom is -0.468 e. The molecule has 0 saturated carbocycles. The van der Waals surface area contributed by atoms with Crippen LogP contribution >= 0.6 is 0 Å². The normalized spacial score (nSPS) is 14.9. The van der Waals surface area contributed by atoms with E-state index in [2.05, 4.69) is 30.8 Å². The van der Waals surface area contributed by atoms with E-state index < -0.39 is 0 Å². The molecule has 2 unspecified atom stereocenters. The first kappa shape index (κ1) is 13.4. The molecule has 0 spiro atoms. The molecule has 0 bridgehead atoms. The molecule has 0 aromatic heterocycles. The molecule has 0 aliphatic carbocycles. The first-order valence-electron chi connectivity index (χ1n) is 5.44. The van der Waals surface area contributed by atoms with Crippen LogP contribution in [0.1, 0.15) is 40.0 Å². The van der Waals surface area contributed by atoms with E-state index in [0.717, 1.165) is 12.8 Å². The summed E-state index contributed by atoms with van der Waals surface area (Å²) in [5.41, 5.74) is 0. The summed E-state index contributed by atoms with van der Waals surface area (Å²) in [6.07, 6.45) is 3.38. The second-order valence-corrected chi connectivity index (χ2v) is 3.81. The van der Waals surface area contributed by atoms with Crippen LogP contribution in [0.2, 0.25) is 0 Å². The minimum atomic E-state index is -0.187. The summed E-state index contributed by atoms with van der Waals surface area (Å²) >= 11 is 0. The highest BCUT2D eigenvalue weighted by molar-refractivity contribution is 5.71. The van der Waals surface area contributed by atoms with Gasteiger partial charge in [-0.05, 0) is 18.8 Å². The zero-order chi connectivity index (χ0) is 11.0. The number of nitrogens with one attached hydrogen (secondary N) is 1. The molecule has 84 valence electrons. The molecule has 3 heteroatoms. The predicted octanol–water partition coefficient (Wildman–Crippen LogP) is 1.96. The number of carbonyl (C=O) groups is 1. The Kier molecular flexibility index (Phi) is 7.48. The molecule has 0 heterocycles. The van der Waals surface area contributed by atoms with Gasteiger partial charge in [0.2, 0.25) is 0 Å². The van der Waals surface area contributed by atoms with Gasteiger partial charge in [-0.25, -0.2) is 0 Å². The quantitative estimate of drug-likeness (QED) is 0.640. The monoisotopic (exact) mass is 201 g/mol. The van der Waals surface area contributed by atoms with Crippen LogP contribution in [0.3, 0.4) is 0 Å². The van der Waals surface area contributed by atoms with E-state index in [1.54, 1.807) is 0 Å². The summed E-state index contributed by atoms with van der Waals surface area (Å²) in [6, 6.07) is 0.434. The fraction of sp³-hybridized carbons (Fsp3) is 0.909. The van der Waals surface area contributed by atoms with Crippen molar-refractivity contribution >= 4 is 5.97 Å². The van der Waals surface area contributed by atoms with Gasteiger partial charge in [-0.3, -0.25) is 4.79 Å². The van der Waals surface area contributed by atoms with Crippen LogP contribution in [0.4, 0.5) is 0 Å². The van der Waals surface area contributed by atoms with Gasteiger partial charge in [0.15, 0.2) is 0 Å². The van der Waals surface area contributed by atoms with Crippen LogP contribution in [0.5, 0.6) is 0 Å². The van der Waals surface area contributed by atoms with Gasteiger partial charge in [0, 0.05) is 6.04 Å². The third-order valence-corrected chi connectivity index (χ3v) is 2.64. The highest BCUT2D eigenvalue weighted by Crippen LogP contribution is 2.11. The lowest BCUT2D eigenvalue weighted by Gasteiger charge is -2.19. The van der Waals surface area contributed by atoms with Crippen LogP contribution < -0.4 is 5.32 Å². The second kappa shape index (κ2) is 7.80. The molecule has 0 amide bonds. The second-order valence-electron chi connectivity index (χ2n) is 3.81. The smallest absolute Gasteiger partial charge is 0.319 e. The summed E-state index contributed by atoms with van der Waals surface area (Å²) in [5.74, 6) is 0.526. The molecule has 0 aromatic rings. The highest BCUT2D eigenvalue weighted by atomic mass is 16.5. The van der Waals surface area contributed by atoms with Crippen molar-refractivity contribution < 1.29 is 9.53 Å². The number of carbonyl (C=O) groups excluding carboxylic acids is 1. The lowest BCUT2D eigenvalue weighted by atomic mass is 9.98. The maximum absolute atomic E-state index is 10.9. The van der Waals surface area contributed by atoms with Crippen molar-refractivity contribution in [2.75, 3.05) is 13.7 Å². The minimum absolute atomic E-state index is 0.187. The number of ether oxygens (including phenoxy) is 1. The first-order chi connectivity index (χ1) is 6.63. The van der Waals surface area contributed by atoms with E-state index in [1.165, 1.54) is 13.5 Å². The van der Waals surface area contributed by atoms with Crippen molar-refractivity contribution in [2.45, 2.75) is 46.1 Å². The van der Waals surface area contributed by atoms with E-state index in [-0.39, 0.29) is 5.97 Å². The van der Waals surface area contributed by atoms with Gasteiger partial charge in [0.25, 0.3) is 0 Å². The van der Waals surface area contributed by atoms with E-state index in [4.69, 9.17) is 0 Å². The Balaban J connectivity index is 3.73. The molecule has 0 saturated heterocycles. The maximum atomic E-state index is 10.9. The standard InChI is InChI=1S/C11H23NO2/c1-5-9(3)7-10(6-2)12-8-11(13)14-4/h9-10,12H,5-8H2,1-4H3. The van der Waals surface area contributed by atoms with Crippen LogP contribution in [0.25, 0.3) is 0 Å². The summed E-state index contributed by atoms with van der Waals surface area (Å²) in [5, 5.41) is 3.21. The fourth-order valence-corrected chi connectivity index (χ4v) is 1.35. The number of hydrogen-bond donors (Lipinski definition) is 1. The Labute approximate surface area is 87.2 Å². The molecule has 0 fully saturated rings. The van der Waals surface area contributed by atoms with Crippen LogP contribution in [-0.4, -0.2) is 25.7 Å². The first-order valence-corrected chi connectivity index (χ1v) is 5.44. The molecule has 0 aromatic carbocycles. The van der Waals surface area contributed by atoms with Crippen LogP contribution in [0.15, 0.2) is 0 Å². The zero-order valence-electron chi connectivity index (χ0n) is 9.80. The molecule has 3 nitrogen and oxygen atoms in total. The predicted molar refractivity (Wildman–Crippen MR) is 58.2 cm³/mol. The van der Waals surface area contributed by atoms with Gasteiger partial charge in [0.05, 0.1) is 13.7 Å². The van der Waals surface area contributed by atoms with Gasteiger partial charge >= 0.3 is 5.97 Å². The molecule has 0 aliphatic rings. The van der Waals surface area contributed by atoms with Crippen molar-refractivity contribution in [2.24, 2.45) is 5.92 Å². The van der Waals surface area contributed by atoms with E-state index in [1.807, 2.05) is 0 Å². The molecule has 1 N–H and O–H groups in total. The summed E-state index contributed by atoms with van der Waals surface area (Å²) in [7, 11) is 1.42. The Bertz CT molecular complexity index is 159. The van der Waals surface area contributed by atoms with Crippen molar-refractivity contribution in [1.29, 1.82) is 0 Å². The average Bonchev–Trinajstić information content (AvgIpc) is 2.22. The Hall–Kier alpha value is -0.570. The number of methoxy groups -OCH3 is 1. The molecular weight excluding hydrogens is 178 g/mol. The SMILES string of the molecule is CCC(C)CC(CC)NCC(=O)OC. The number of hydrogen-bond acceptors (Lipinski definition) is 3. The fourth-order valence-electron chi connectivity index (χ4n) is 1.35. The van der Waals surface area contributed by atoms with Gasteiger partial charge in [-0.15, -0.1) is 0 Å². The van der Waals surface area contributed by atoms with Gasteiger partial charge in [-0.2, -0.15) is 0 Å². The largest absolute Gasteiger partial charge is 0.468 e. The summed E-state index contributed by atoms with van der Waals surface area (Å²) in [6.45, 7) is 6.89. The van der Waals surface area contributed by atoms with Gasteiger partial charge in [-0.1, -0.05) is 27.2 Å². The van der Waals surface area contributed by atoms with Gasteiger partial charge in [0.1, 0.15) is 0 Å².